The number of sulfonamides is 1. The van der Waals surface area contributed by atoms with Gasteiger partial charge in [-0.2, -0.15) is 0 Å². The summed E-state index contributed by atoms with van der Waals surface area (Å²) in [6.07, 6.45) is 0. The van der Waals surface area contributed by atoms with Crippen molar-refractivity contribution in [2.24, 2.45) is 0 Å². The number of carbonyl (C=O) groups is 1. The van der Waals surface area contributed by atoms with Gasteiger partial charge < -0.3 is 24.3 Å². The van der Waals surface area contributed by atoms with Crippen molar-refractivity contribution < 1.29 is 32.2 Å². The topological polar surface area (TPSA) is 103 Å². The van der Waals surface area contributed by atoms with Crippen LogP contribution < -0.4 is 28.6 Å². The van der Waals surface area contributed by atoms with Gasteiger partial charge in [0.25, 0.3) is 10.0 Å². The van der Waals surface area contributed by atoms with E-state index in [-0.39, 0.29) is 22.1 Å². The molecule has 3 aromatic rings. The van der Waals surface area contributed by atoms with Crippen molar-refractivity contribution >= 4 is 38.9 Å². The fourth-order valence-corrected chi connectivity index (χ4v) is 5.07. The molecule has 1 N–H and O–H groups in total. The Kier molecular flexibility index (Phi) is 8.54. The molecule has 0 saturated heterocycles. The van der Waals surface area contributed by atoms with Gasteiger partial charge in [0.1, 0.15) is 18.0 Å². The van der Waals surface area contributed by atoms with Gasteiger partial charge in [0.05, 0.1) is 39.0 Å². The van der Waals surface area contributed by atoms with Crippen LogP contribution in [0.25, 0.3) is 0 Å². The molecule has 0 unspecified atom stereocenters. The predicted octanol–water partition coefficient (Wildman–Crippen LogP) is 4.52. The highest BCUT2D eigenvalue weighted by molar-refractivity contribution is 7.92. The van der Waals surface area contributed by atoms with Gasteiger partial charge in [-0.25, -0.2) is 8.42 Å². The maximum absolute atomic E-state index is 13.9. The summed E-state index contributed by atoms with van der Waals surface area (Å²) in [5, 5.41) is 3.20. The molecule has 192 valence electrons. The van der Waals surface area contributed by atoms with Crippen molar-refractivity contribution in [3.05, 3.63) is 65.2 Å². The van der Waals surface area contributed by atoms with Crippen LogP contribution in [0, 0.1) is 6.92 Å². The molecule has 1 amide bonds. The highest BCUT2D eigenvalue weighted by Crippen LogP contribution is 2.37. The van der Waals surface area contributed by atoms with Crippen LogP contribution in [0.4, 0.5) is 11.4 Å². The van der Waals surface area contributed by atoms with Crippen molar-refractivity contribution in [1.82, 2.24) is 0 Å². The van der Waals surface area contributed by atoms with Crippen molar-refractivity contribution in [2.75, 3.05) is 44.6 Å². The number of nitrogens with zero attached hydrogens (tertiary/aromatic N) is 1. The Balaban J connectivity index is 2.11. The first-order chi connectivity index (χ1) is 17.2. The largest absolute Gasteiger partial charge is 0.497 e. The first-order valence-electron chi connectivity index (χ1n) is 10.7. The summed E-state index contributed by atoms with van der Waals surface area (Å²) in [5.74, 6) is 0.594. The summed E-state index contributed by atoms with van der Waals surface area (Å²) in [6.45, 7) is 1.19. The summed E-state index contributed by atoms with van der Waals surface area (Å²) in [6, 6.07) is 13.9. The van der Waals surface area contributed by atoms with Crippen LogP contribution >= 0.6 is 11.6 Å². The van der Waals surface area contributed by atoms with Crippen LogP contribution in [0.1, 0.15) is 5.56 Å². The van der Waals surface area contributed by atoms with E-state index in [4.69, 9.17) is 30.5 Å². The third kappa shape index (κ3) is 5.60. The average Bonchev–Trinajstić information content (AvgIpc) is 2.88. The number of benzene rings is 3. The third-order valence-corrected chi connectivity index (χ3v) is 7.59. The molecule has 0 aliphatic carbocycles. The van der Waals surface area contributed by atoms with Crippen LogP contribution in [0.2, 0.25) is 5.02 Å². The van der Waals surface area contributed by atoms with Gasteiger partial charge in [-0.15, -0.1) is 0 Å². The molecule has 0 aromatic heterocycles. The van der Waals surface area contributed by atoms with Crippen LogP contribution in [0.5, 0.6) is 23.0 Å². The van der Waals surface area contributed by atoms with Gasteiger partial charge in [-0.1, -0.05) is 17.7 Å². The summed E-state index contributed by atoms with van der Waals surface area (Å²) >= 11 is 6.17. The maximum atomic E-state index is 13.9. The van der Waals surface area contributed by atoms with Gasteiger partial charge in [0.15, 0.2) is 11.5 Å². The Bertz CT molecular complexity index is 1360. The maximum Gasteiger partial charge on any atom is 0.265 e. The Labute approximate surface area is 215 Å². The molecule has 9 nitrogen and oxygen atoms in total. The van der Waals surface area contributed by atoms with Crippen molar-refractivity contribution in [3.63, 3.8) is 0 Å². The molecule has 0 heterocycles. The number of hydrogen-bond donors (Lipinski definition) is 1. The van der Waals surface area contributed by atoms with Gasteiger partial charge >= 0.3 is 0 Å². The van der Waals surface area contributed by atoms with Crippen LogP contribution in [0.15, 0.2) is 59.5 Å². The lowest BCUT2D eigenvalue weighted by Crippen LogP contribution is -2.38. The summed E-state index contributed by atoms with van der Waals surface area (Å²) < 4.78 is 50.0. The second-order valence-corrected chi connectivity index (χ2v) is 9.80. The molecule has 0 aliphatic heterocycles. The number of hydrogen-bond acceptors (Lipinski definition) is 7. The number of amides is 1. The molecule has 0 aliphatic rings. The molecule has 0 bridgehead atoms. The van der Waals surface area contributed by atoms with E-state index in [1.807, 2.05) is 0 Å². The first-order valence-corrected chi connectivity index (χ1v) is 12.5. The molecule has 11 heteroatoms. The summed E-state index contributed by atoms with van der Waals surface area (Å²) in [7, 11) is 1.40. The molecular formula is C25H27ClN2O7S. The third-order valence-electron chi connectivity index (χ3n) is 5.43. The van der Waals surface area contributed by atoms with Gasteiger partial charge in [0, 0.05) is 22.8 Å². The molecule has 0 radical (unpaired) electrons. The number of nitrogens with one attached hydrogen (secondary N) is 1. The minimum atomic E-state index is -4.30. The normalized spacial score (nSPS) is 10.9. The zero-order chi connectivity index (χ0) is 26.5. The lowest BCUT2D eigenvalue weighted by Gasteiger charge is -2.26. The lowest BCUT2D eigenvalue weighted by atomic mass is 10.2. The first kappa shape index (κ1) is 27.0. The Morgan fingerprint density at radius 2 is 1.56 bits per heavy atom. The second kappa shape index (κ2) is 11.4. The minimum Gasteiger partial charge on any atom is -0.497 e. The lowest BCUT2D eigenvalue weighted by molar-refractivity contribution is -0.114. The molecule has 3 rings (SSSR count). The van der Waals surface area contributed by atoms with Gasteiger partial charge in [-0.05, 0) is 48.9 Å². The number of ether oxygens (including phenoxy) is 4. The fourth-order valence-electron chi connectivity index (χ4n) is 3.46. The van der Waals surface area contributed by atoms with Crippen molar-refractivity contribution in [2.45, 2.75) is 11.8 Å². The number of halogens is 1. The number of carbonyl (C=O) groups excluding carboxylic acids is 1. The molecule has 3 aromatic carbocycles. The highest BCUT2D eigenvalue weighted by atomic mass is 35.5. The van der Waals surface area contributed by atoms with E-state index in [0.717, 1.165) is 4.31 Å². The van der Waals surface area contributed by atoms with Crippen LogP contribution in [-0.2, 0) is 14.8 Å². The summed E-state index contributed by atoms with van der Waals surface area (Å²) in [5.41, 5.74) is 1.24. The molecule has 0 saturated carbocycles. The zero-order valence-corrected chi connectivity index (χ0v) is 22.1. The molecule has 0 fully saturated rings. The highest BCUT2D eigenvalue weighted by Gasteiger charge is 2.31. The number of anilines is 2. The average molecular weight is 535 g/mol. The number of methoxy groups -OCH3 is 4. The van der Waals surface area contributed by atoms with Gasteiger partial charge in [-0.3, -0.25) is 9.10 Å². The van der Waals surface area contributed by atoms with E-state index in [9.17, 15) is 13.2 Å². The Morgan fingerprint density at radius 1 is 0.889 bits per heavy atom. The molecule has 0 atom stereocenters. The Morgan fingerprint density at radius 3 is 2.19 bits per heavy atom. The molecular weight excluding hydrogens is 508 g/mol. The van der Waals surface area contributed by atoms with Crippen molar-refractivity contribution in [1.29, 1.82) is 0 Å². The zero-order valence-electron chi connectivity index (χ0n) is 20.5. The molecule has 36 heavy (non-hydrogen) atoms. The van der Waals surface area contributed by atoms with E-state index in [0.29, 0.717) is 27.8 Å². The van der Waals surface area contributed by atoms with E-state index in [2.05, 4.69) is 5.32 Å². The summed E-state index contributed by atoms with van der Waals surface area (Å²) in [4.78, 5) is 13.0. The standard InChI is InChI=1S/C25H27ClN2O7S/c1-16-19(26)7-6-8-20(16)27-25(29)15-28(21-13-17(32-2)9-11-22(21)33-3)36(30,31)18-10-12-23(34-4)24(14-18)35-5/h6-14H,15H2,1-5H3,(H,27,29). The SMILES string of the molecule is COc1ccc(OC)c(N(CC(=O)Nc2cccc(Cl)c2C)S(=O)(=O)c2ccc(OC)c(OC)c2)c1. The van der Waals surface area contributed by atoms with E-state index >= 15 is 0 Å². The van der Waals surface area contributed by atoms with Gasteiger partial charge in [0.2, 0.25) is 5.91 Å². The smallest absolute Gasteiger partial charge is 0.265 e. The van der Waals surface area contributed by atoms with E-state index in [1.54, 1.807) is 37.3 Å². The predicted molar refractivity (Wildman–Crippen MR) is 138 cm³/mol. The monoisotopic (exact) mass is 534 g/mol. The van der Waals surface area contributed by atoms with Crippen LogP contribution in [0.3, 0.4) is 0 Å². The Hall–Kier alpha value is -3.63. The van der Waals surface area contributed by atoms with E-state index in [1.165, 1.54) is 52.7 Å². The van der Waals surface area contributed by atoms with Crippen LogP contribution in [-0.4, -0.2) is 49.3 Å². The van der Waals surface area contributed by atoms with Crippen molar-refractivity contribution in [3.8, 4) is 23.0 Å². The second-order valence-electron chi connectivity index (χ2n) is 7.53. The molecule has 0 spiro atoms. The van der Waals surface area contributed by atoms with E-state index < -0.39 is 22.5 Å². The quantitative estimate of drug-likeness (QED) is 0.408. The number of rotatable bonds is 10. The fraction of sp³-hybridized carbons (Fsp3) is 0.240. The minimum absolute atomic E-state index is 0.114.